The Morgan fingerprint density at radius 1 is 0.895 bits per heavy atom. The van der Waals surface area contributed by atoms with Crippen LogP contribution in [0, 0.1) is 0 Å². The summed E-state index contributed by atoms with van der Waals surface area (Å²) in [6, 6.07) is 22.9. The Hall–Kier alpha value is -3.85. The first kappa shape index (κ1) is 28.7. The minimum absolute atomic E-state index is 0.0224. The van der Waals surface area contributed by atoms with E-state index >= 15 is 0 Å². The molecule has 0 spiro atoms. The quantitative estimate of drug-likeness (QED) is 0.373. The molecular weight excluding hydrogens is 502 g/mol. The van der Waals surface area contributed by atoms with Crippen LogP contribution in [0.4, 0.5) is 5.69 Å². The monoisotopic (exact) mass is 537 g/mol. The fourth-order valence-electron chi connectivity index (χ4n) is 4.08. The third-order valence-corrected chi connectivity index (χ3v) is 7.77. The van der Waals surface area contributed by atoms with Gasteiger partial charge >= 0.3 is 0 Å². The summed E-state index contributed by atoms with van der Waals surface area (Å²) in [5, 5.41) is 2.89. The lowest BCUT2D eigenvalue weighted by molar-refractivity contribution is -0.140. The van der Waals surface area contributed by atoms with Gasteiger partial charge in [-0.25, -0.2) is 8.42 Å². The van der Waals surface area contributed by atoms with E-state index in [1.165, 1.54) is 24.1 Å². The maximum absolute atomic E-state index is 13.9. The first-order chi connectivity index (χ1) is 18.2. The number of carbonyl (C=O) groups is 2. The third-order valence-electron chi connectivity index (χ3n) is 5.98. The molecule has 0 saturated heterocycles. The number of amides is 2. The number of ether oxygens (including phenoxy) is 1. The van der Waals surface area contributed by atoms with E-state index in [0.717, 1.165) is 9.87 Å². The highest BCUT2D eigenvalue weighted by Gasteiger charge is 2.33. The number of carbonyl (C=O) groups excluding carboxylic acids is 2. The number of nitrogens with one attached hydrogen (secondary N) is 1. The van der Waals surface area contributed by atoms with Gasteiger partial charge < -0.3 is 15.0 Å². The van der Waals surface area contributed by atoms with E-state index in [9.17, 15) is 18.0 Å². The second-order valence-electron chi connectivity index (χ2n) is 9.12. The summed E-state index contributed by atoms with van der Waals surface area (Å²) in [6.07, 6.45) is 0.369. The fraction of sp³-hybridized carbons (Fsp3) is 0.310. The number of para-hydroxylation sites is 1. The molecule has 0 saturated carbocycles. The Balaban J connectivity index is 2.02. The van der Waals surface area contributed by atoms with Gasteiger partial charge in [0.25, 0.3) is 10.0 Å². The van der Waals surface area contributed by atoms with Crippen LogP contribution in [-0.4, -0.2) is 50.9 Å². The van der Waals surface area contributed by atoms with E-state index in [2.05, 4.69) is 5.32 Å². The molecule has 9 heteroatoms. The number of hydrogen-bond donors (Lipinski definition) is 1. The molecule has 8 nitrogen and oxygen atoms in total. The minimum Gasteiger partial charge on any atom is -0.497 e. The topological polar surface area (TPSA) is 96.0 Å². The van der Waals surface area contributed by atoms with Crippen molar-refractivity contribution in [3.8, 4) is 5.75 Å². The Morgan fingerprint density at radius 2 is 1.47 bits per heavy atom. The molecule has 0 aromatic heterocycles. The van der Waals surface area contributed by atoms with Gasteiger partial charge in [0.2, 0.25) is 11.8 Å². The summed E-state index contributed by atoms with van der Waals surface area (Å²) in [5.74, 6) is -0.251. The van der Waals surface area contributed by atoms with Crippen LogP contribution in [0.25, 0.3) is 0 Å². The van der Waals surface area contributed by atoms with Crippen molar-refractivity contribution in [2.24, 2.45) is 0 Å². The van der Waals surface area contributed by atoms with Crippen molar-refractivity contribution in [1.82, 2.24) is 10.2 Å². The average Bonchev–Trinajstić information content (AvgIpc) is 2.92. The number of anilines is 1. The molecule has 0 aliphatic heterocycles. The summed E-state index contributed by atoms with van der Waals surface area (Å²) in [7, 11) is -2.62. The van der Waals surface area contributed by atoms with E-state index < -0.39 is 28.5 Å². The molecule has 3 aromatic carbocycles. The van der Waals surface area contributed by atoms with Gasteiger partial charge in [0.05, 0.1) is 17.7 Å². The highest BCUT2D eigenvalue weighted by molar-refractivity contribution is 7.92. The molecule has 202 valence electrons. The molecule has 0 radical (unpaired) electrons. The third kappa shape index (κ3) is 7.13. The standard InChI is InChI=1S/C29H35N3O5S/c1-5-27(29(34)30-22(2)3)31(20-23-12-8-6-9-13-23)28(33)21-32(24-14-10-7-11-15-24)38(35,36)26-18-16-25(37-4)17-19-26/h6-19,22,27H,5,20-21H2,1-4H3,(H,30,34)/t27-/m0/s1. The van der Waals surface area contributed by atoms with Gasteiger partial charge in [-0.05, 0) is 62.2 Å². The van der Waals surface area contributed by atoms with Crippen LogP contribution in [0.5, 0.6) is 5.75 Å². The van der Waals surface area contributed by atoms with Crippen LogP contribution < -0.4 is 14.4 Å². The fourth-order valence-corrected chi connectivity index (χ4v) is 5.49. The van der Waals surface area contributed by atoms with E-state index in [0.29, 0.717) is 17.9 Å². The lowest BCUT2D eigenvalue weighted by Crippen LogP contribution is -2.53. The zero-order valence-electron chi connectivity index (χ0n) is 22.2. The highest BCUT2D eigenvalue weighted by Crippen LogP contribution is 2.26. The molecule has 3 rings (SSSR count). The van der Waals surface area contributed by atoms with E-state index in [1.54, 1.807) is 42.5 Å². The first-order valence-electron chi connectivity index (χ1n) is 12.5. The molecule has 3 aromatic rings. The van der Waals surface area contributed by atoms with E-state index in [-0.39, 0.29) is 23.4 Å². The van der Waals surface area contributed by atoms with Crippen molar-refractivity contribution in [3.05, 3.63) is 90.5 Å². The molecule has 0 heterocycles. The predicted octanol–water partition coefficient (Wildman–Crippen LogP) is 4.22. The Labute approximate surface area is 225 Å². The van der Waals surface area contributed by atoms with Gasteiger partial charge in [-0.15, -0.1) is 0 Å². The van der Waals surface area contributed by atoms with Crippen LogP contribution in [0.15, 0.2) is 89.8 Å². The Kier molecular flexibility index (Phi) is 9.90. The summed E-state index contributed by atoms with van der Waals surface area (Å²) in [5.41, 5.74) is 1.18. The smallest absolute Gasteiger partial charge is 0.264 e. The van der Waals surface area contributed by atoms with Crippen molar-refractivity contribution in [2.75, 3.05) is 18.0 Å². The summed E-state index contributed by atoms with van der Waals surface area (Å²) >= 11 is 0. The van der Waals surface area contributed by atoms with Crippen molar-refractivity contribution < 1.29 is 22.7 Å². The molecule has 0 fully saturated rings. The highest BCUT2D eigenvalue weighted by atomic mass is 32.2. The number of hydrogen-bond acceptors (Lipinski definition) is 5. The zero-order chi connectivity index (χ0) is 27.7. The molecule has 1 atom stereocenters. The molecule has 38 heavy (non-hydrogen) atoms. The number of benzene rings is 3. The minimum atomic E-state index is -4.12. The molecule has 0 aliphatic rings. The van der Waals surface area contributed by atoms with E-state index in [1.807, 2.05) is 51.1 Å². The van der Waals surface area contributed by atoms with Gasteiger partial charge in [0, 0.05) is 12.6 Å². The number of sulfonamides is 1. The molecular formula is C29H35N3O5S. The first-order valence-corrected chi connectivity index (χ1v) is 14.0. The van der Waals surface area contributed by atoms with Crippen LogP contribution in [0.3, 0.4) is 0 Å². The van der Waals surface area contributed by atoms with Gasteiger partial charge in [0.1, 0.15) is 18.3 Å². The lowest BCUT2D eigenvalue weighted by atomic mass is 10.1. The summed E-state index contributed by atoms with van der Waals surface area (Å²) in [6.45, 7) is 5.23. The Bertz CT molecular complexity index is 1300. The number of rotatable bonds is 12. The van der Waals surface area contributed by atoms with Crippen molar-refractivity contribution in [1.29, 1.82) is 0 Å². The van der Waals surface area contributed by atoms with Crippen LogP contribution in [0.2, 0.25) is 0 Å². The normalized spacial score (nSPS) is 12.0. The summed E-state index contributed by atoms with van der Waals surface area (Å²) in [4.78, 5) is 28.5. The molecule has 1 N–H and O–H groups in total. The van der Waals surface area contributed by atoms with Gasteiger partial charge in [-0.1, -0.05) is 55.5 Å². The van der Waals surface area contributed by atoms with Crippen molar-refractivity contribution in [2.45, 2.75) is 50.7 Å². The Morgan fingerprint density at radius 3 is 2.00 bits per heavy atom. The average molecular weight is 538 g/mol. The van der Waals surface area contributed by atoms with Gasteiger partial charge in [-0.2, -0.15) is 0 Å². The van der Waals surface area contributed by atoms with E-state index in [4.69, 9.17) is 4.74 Å². The second kappa shape index (κ2) is 13.1. The lowest BCUT2D eigenvalue weighted by Gasteiger charge is -2.33. The van der Waals surface area contributed by atoms with Crippen LogP contribution in [-0.2, 0) is 26.2 Å². The number of methoxy groups -OCH3 is 1. The van der Waals surface area contributed by atoms with Gasteiger partial charge in [-0.3, -0.25) is 13.9 Å². The SMILES string of the molecule is CC[C@@H](C(=O)NC(C)C)N(Cc1ccccc1)C(=O)CN(c1ccccc1)S(=O)(=O)c1ccc(OC)cc1. The maximum Gasteiger partial charge on any atom is 0.264 e. The van der Waals surface area contributed by atoms with Crippen molar-refractivity contribution >= 4 is 27.5 Å². The number of nitrogens with zero attached hydrogens (tertiary/aromatic N) is 2. The largest absolute Gasteiger partial charge is 0.497 e. The maximum atomic E-state index is 13.9. The zero-order valence-corrected chi connectivity index (χ0v) is 23.0. The molecule has 0 unspecified atom stereocenters. The van der Waals surface area contributed by atoms with Crippen LogP contribution >= 0.6 is 0 Å². The van der Waals surface area contributed by atoms with Gasteiger partial charge in [0.15, 0.2) is 0 Å². The van der Waals surface area contributed by atoms with Crippen molar-refractivity contribution in [3.63, 3.8) is 0 Å². The summed E-state index contributed by atoms with van der Waals surface area (Å²) < 4.78 is 33.9. The molecule has 0 aliphatic carbocycles. The van der Waals surface area contributed by atoms with Crippen LogP contribution in [0.1, 0.15) is 32.8 Å². The predicted molar refractivity (Wildman–Crippen MR) is 148 cm³/mol. The molecule has 2 amide bonds. The second-order valence-corrected chi connectivity index (χ2v) is 11.0. The molecule has 0 bridgehead atoms.